The molecule has 0 radical (unpaired) electrons. The SMILES string of the molecule is CCCCc1ccc(NS(=O)(=O)c2c(N)n(C)c(=O)n(C)c2=O)cc1. The lowest BCUT2D eigenvalue weighted by molar-refractivity contribution is 0.591. The Labute approximate surface area is 146 Å². The first-order valence-corrected chi connectivity index (χ1v) is 9.34. The van der Waals surface area contributed by atoms with Crippen molar-refractivity contribution in [3.8, 4) is 0 Å². The molecule has 3 N–H and O–H groups in total. The summed E-state index contributed by atoms with van der Waals surface area (Å²) in [6, 6.07) is 6.92. The highest BCUT2D eigenvalue weighted by molar-refractivity contribution is 7.92. The molecule has 1 aromatic carbocycles. The first kappa shape index (κ1) is 18.8. The molecule has 0 bridgehead atoms. The van der Waals surface area contributed by atoms with Crippen LogP contribution in [0, 0.1) is 0 Å². The number of nitrogens with zero attached hydrogens (tertiary/aromatic N) is 2. The van der Waals surface area contributed by atoms with Crippen LogP contribution in [-0.2, 0) is 30.5 Å². The maximum absolute atomic E-state index is 12.6. The van der Waals surface area contributed by atoms with Gasteiger partial charge in [-0.2, -0.15) is 0 Å². The number of benzene rings is 1. The Kier molecular flexibility index (Phi) is 5.36. The van der Waals surface area contributed by atoms with Crippen LogP contribution in [0.25, 0.3) is 0 Å². The number of sulfonamides is 1. The molecular weight excluding hydrogens is 344 g/mol. The fraction of sp³-hybridized carbons (Fsp3) is 0.375. The predicted octanol–water partition coefficient (Wildman–Crippen LogP) is 0.810. The van der Waals surface area contributed by atoms with Gasteiger partial charge in [0.1, 0.15) is 5.82 Å². The van der Waals surface area contributed by atoms with Crippen LogP contribution in [0.3, 0.4) is 0 Å². The van der Waals surface area contributed by atoms with Gasteiger partial charge in [-0.15, -0.1) is 0 Å². The summed E-state index contributed by atoms with van der Waals surface area (Å²) >= 11 is 0. The van der Waals surface area contributed by atoms with Crippen LogP contribution in [0.5, 0.6) is 0 Å². The molecular formula is C16H22N4O4S. The van der Waals surface area contributed by atoms with Crippen LogP contribution in [0.15, 0.2) is 38.8 Å². The smallest absolute Gasteiger partial charge is 0.332 e. The molecule has 0 saturated heterocycles. The zero-order valence-electron chi connectivity index (χ0n) is 14.4. The van der Waals surface area contributed by atoms with Crippen molar-refractivity contribution < 1.29 is 8.42 Å². The summed E-state index contributed by atoms with van der Waals surface area (Å²) in [6.45, 7) is 2.10. The Bertz CT molecular complexity index is 989. The van der Waals surface area contributed by atoms with Gasteiger partial charge < -0.3 is 5.73 Å². The standard InChI is InChI=1S/C16H22N4O4S/c1-4-5-6-11-7-9-12(10-8-11)18-25(23,24)13-14(17)19(2)16(22)20(3)15(13)21/h7-10,18H,4-6,17H2,1-3H3. The lowest BCUT2D eigenvalue weighted by atomic mass is 10.1. The van der Waals surface area contributed by atoms with Gasteiger partial charge >= 0.3 is 5.69 Å². The molecule has 0 fully saturated rings. The molecule has 25 heavy (non-hydrogen) atoms. The monoisotopic (exact) mass is 366 g/mol. The van der Waals surface area contributed by atoms with Gasteiger partial charge in [0, 0.05) is 19.8 Å². The van der Waals surface area contributed by atoms with Crippen molar-refractivity contribution in [3.05, 3.63) is 50.7 Å². The Morgan fingerprint density at radius 1 is 1.08 bits per heavy atom. The third-order valence-corrected chi connectivity index (χ3v) is 5.39. The van der Waals surface area contributed by atoms with Crippen molar-refractivity contribution in [2.24, 2.45) is 14.1 Å². The molecule has 0 aliphatic rings. The summed E-state index contributed by atoms with van der Waals surface area (Å²) in [4.78, 5) is 23.4. The summed E-state index contributed by atoms with van der Waals surface area (Å²) in [5, 5.41) is 0. The molecule has 0 atom stereocenters. The molecule has 1 heterocycles. The number of nitrogens with one attached hydrogen (secondary N) is 1. The number of anilines is 2. The van der Waals surface area contributed by atoms with Crippen molar-refractivity contribution in [2.75, 3.05) is 10.5 Å². The first-order chi connectivity index (χ1) is 11.7. The topological polar surface area (TPSA) is 116 Å². The van der Waals surface area contributed by atoms with Gasteiger partial charge in [-0.25, -0.2) is 13.2 Å². The molecule has 2 aromatic rings. The molecule has 0 unspecified atom stereocenters. The van der Waals surface area contributed by atoms with Gasteiger partial charge in [-0.05, 0) is 30.5 Å². The number of rotatable bonds is 6. The number of nitrogens with two attached hydrogens (primary N) is 1. The summed E-state index contributed by atoms with van der Waals surface area (Å²) in [7, 11) is -1.73. The van der Waals surface area contributed by atoms with Crippen LogP contribution in [0.1, 0.15) is 25.3 Å². The molecule has 1 aromatic heterocycles. The summed E-state index contributed by atoms with van der Waals surface area (Å²) in [5.41, 5.74) is 5.46. The Balaban J connectivity index is 2.41. The van der Waals surface area contributed by atoms with E-state index < -0.39 is 32.0 Å². The predicted molar refractivity (Wildman–Crippen MR) is 97.2 cm³/mol. The molecule has 0 amide bonds. The second-order valence-corrected chi connectivity index (χ2v) is 7.45. The largest absolute Gasteiger partial charge is 0.384 e. The van der Waals surface area contributed by atoms with Crippen molar-refractivity contribution in [1.82, 2.24) is 9.13 Å². The van der Waals surface area contributed by atoms with E-state index in [1.165, 1.54) is 14.1 Å². The number of aryl methyl sites for hydroxylation is 1. The number of nitrogen functional groups attached to an aromatic ring is 1. The van der Waals surface area contributed by atoms with E-state index in [0.717, 1.165) is 29.4 Å². The number of hydrogen-bond acceptors (Lipinski definition) is 5. The van der Waals surface area contributed by atoms with Gasteiger partial charge in [-0.3, -0.25) is 18.7 Å². The van der Waals surface area contributed by atoms with E-state index in [1.807, 2.05) is 12.1 Å². The maximum Gasteiger partial charge on any atom is 0.332 e. The fourth-order valence-corrected chi connectivity index (χ4v) is 3.74. The van der Waals surface area contributed by atoms with Crippen LogP contribution in [0.4, 0.5) is 11.5 Å². The minimum Gasteiger partial charge on any atom is -0.384 e. The van der Waals surface area contributed by atoms with E-state index in [4.69, 9.17) is 5.73 Å². The molecule has 0 saturated carbocycles. The average molecular weight is 366 g/mol. The highest BCUT2D eigenvalue weighted by atomic mass is 32.2. The first-order valence-electron chi connectivity index (χ1n) is 7.86. The fourth-order valence-electron chi connectivity index (χ4n) is 2.41. The second kappa shape index (κ2) is 7.14. The van der Waals surface area contributed by atoms with Crippen LogP contribution < -0.4 is 21.7 Å². The lowest BCUT2D eigenvalue weighted by Crippen LogP contribution is -2.42. The minimum absolute atomic E-state index is 0.315. The third kappa shape index (κ3) is 3.76. The van der Waals surface area contributed by atoms with Crippen molar-refractivity contribution >= 4 is 21.5 Å². The van der Waals surface area contributed by atoms with Crippen molar-refractivity contribution in [3.63, 3.8) is 0 Å². The van der Waals surface area contributed by atoms with Gasteiger partial charge in [0.15, 0.2) is 4.90 Å². The average Bonchev–Trinajstić information content (AvgIpc) is 2.57. The zero-order chi connectivity index (χ0) is 18.8. The second-order valence-electron chi connectivity index (χ2n) is 5.83. The van der Waals surface area contributed by atoms with Crippen LogP contribution >= 0.6 is 0 Å². The number of hydrogen-bond donors (Lipinski definition) is 2. The van der Waals surface area contributed by atoms with E-state index in [1.54, 1.807) is 12.1 Å². The quantitative estimate of drug-likeness (QED) is 0.785. The van der Waals surface area contributed by atoms with Gasteiger partial charge in [0.25, 0.3) is 15.6 Å². The highest BCUT2D eigenvalue weighted by Gasteiger charge is 2.26. The van der Waals surface area contributed by atoms with E-state index in [2.05, 4.69) is 11.6 Å². The van der Waals surface area contributed by atoms with Crippen molar-refractivity contribution in [1.29, 1.82) is 0 Å². The Morgan fingerprint density at radius 2 is 1.68 bits per heavy atom. The van der Waals surface area contributed by atoms with Gasteiger partial charge in [0.05, 0.1) is 0 Å². The highest BCUT2D eigenvalue weighted by Crippen LogP contribution is 2.18. The zero-order valence-corrected chi connectivity index (χ0v) is 15.3. The maximum atomic E-state index is 12.6. The van der Waals surface area contributed by atoms with E-state index >= 15 is 0 Å². The third-order valence-electron chi connectivity index (χ3n) is 3.96. The van der Waals surface area contributed by atoms with Gasteiger partial charge in [0.2, 0.25) is 0 Å². The lowest BCUT2D eigenvalue weighted by Gasteiger charge is -2.13. The normalized spacial score (nSPS) is 11.5. The summed E-state index contributed by atoms with van der Waals surface area (Å²) in [5.74, 6) is -0.403. The molecule has 0 aliphatic carbocycles. The molecule has 9 heteroatoms. The van der Waals surface area contributed by atoms with E-state index in [0.29, 0.717) is 10.3 Å². The van der Waals surface area contributed by atoms with Gasteiger partial charge in [-0.1, -0.05) is 25.5 Å². The molecule has 0 spiro atoms. The molecule has 2 rings (SSSR count). The summed E-state index contributed by atoms with van der Waals surface area (Å²) < 4.78 is 29.2. The van der Waals surface area contributed by atoms with Crippen molar-refractivity contribution in [2.45, 2.75) is 31.1 Å². The van der Waals surface area contributed by atoms with Crippen LogP contribution in [0.2, 0.25) is 0 Å². The van der Waals surface area contributed by atoms with E-state index in [9.17, 15) is 18.0 Å². The number of unbranched alkanes of at least 4 members (excludes halogenated alkanes) is 1. The minimum atomic E-state index is -4.23. The molecule has 0 aliphatic heterocycles. The molecule has 8 nitrogen and oxygen atoms in total. The summed E-state index contributed by atoms with van der Waals surface area (Å²) in [6.07, 6.45) is 3.04. The Morgan fingerprint density at radius 3 is 2.24 bits per heavy atom. The van der Waals surface area contributed by atoms with E-state index in [-0.39, 0.29) is 0 Å². The number of aromatic nitrogens is 2. The Hall–Kier alpha value is -2.55. The van der Waals surface area contributed by atoms with Crippen LogP contribution in [-0.4, -0.2) is 17.6 Å². The molecule has 136 valence electrons.